The third-order valence-corrected chi connectivity index (χ3v) is 7.57. The Morgan fingerprint density at radius 2 is 2.16 bits per heavy atom. The number of carbonyl (C=O) groups is 2. The minimum Gasteiger partial charge on any atom is -0.465 e. The van der Waals surface area contributed by atoms with E-state index in [0.29, 0.717) is 22.1 Å². The van der Waals surface area contributed by atoms with Gasteiger partial charge in [-0.25, -0.2) is 4.79 Å². The number of amides is 1. The summed E-state index contributed by atoms with van der Waals surface area (Å²) in [5.41, 5.74) is 2.69. The van der Waals surface area contributed by atoms with Crippen LogP contribution in [-0.2, 0) is 42.4 Å². The summed E-state index contributed by atoms with van der Waals surface area (Å²) >= 11 is 2.83. The monoisotopic (exact) mass is 459 g/mol. The zero-order valence-electron chi connectivity index (χ0n) is 17.8. The number of hydrogen-bond acceptors (Lipinski definition) is 7. The lowest BCUT2D eigenvalue weighted by Gasteiger charge is -2.09. The highest BCUT2D eigenvalue weighted by atomic mass is 32.2. The van der Waals surface area contributed by atoms with Crippen LogP contribution in [0.2, 0.25) is 0 Å². The Labute approximate surface area is 189 Å². The summed E-state index contributed by atoms with van der Waals surface area (Å²) in [4.78, 5) is 26.1. The van der Waals surface area contributed by atoms with Gasteiger partial charge in [-0.1, -0.05) is 11.8 Å². The van der Waals surface area contributed by atoms with Crippen LogP contribution in [0.4, 0.5) is 5.00 Å². The number of carbonyl (C=O) groups excluding carboxylic acids is 2. The highest BCUT2D eigenvalue weighted by Crippen LogP contribution is 2.39. The van der Waals surface area contributed by atoms with E-state index in [0.717, 1.165) is 42.9 Å². The second-order valence-corrected chi connectivity index (χ2v) is 9.37. The van der Waals surface area contributed by atoms with E-state index in [1.54, 1.807) is 0 Å². The first kappa shape index (κ1) is 21.6. The van der Waals surface area contributed by atoms with Gasteiger partial charge in [-0.3, -0.25) is 4.79 Å². The Morgan fingerprint density at radius 1 is 1.32 bits per heavy atom. The molecular formula is C21H25N5O3S2. The number of aromatic nitrogens is 4. The van der Waals surface area contributed by atoms with E-state index in [4.69, 9.17) is 4.74 Å². The van der Waals surface area contributed by atoms with Crippen molar-refractivity contribution in [1.29, 1.82) is 0 Å². The van der Waals surface area contributed by atoms with Gasteiger partial charge in [-0.15, -0.1) is 21.5 Å². The molecular weight excluding hydrogens is 434 g/mol. The third kappa shape index (κ3) is 4.40. The minimum atomic E-state index is -0.390. The van der Waals surface area contributed by atoms with Crippen molar-refractivity contribution in [3.05, 3.63) is 45.9 Å². The van der Waals surface area contributed by atoms with Crippen molar-refractivity contribution in [3.8, 4) is 0 Å². The Morgan fingerprint density at radius 3 is 2.87 bits per heavy atom. The van der Waals surface area contributed by atoms with E-state index < -0.39 is 5.97 Å². The number of thiophene rings is 1. The van der Waals surface area contributed by atoms with Gasteiger partial charge in [0.25, 0.3) is 0 Å². The van der Waals surface area contributed by atoms with Gasteiger partial charge in [0, 0.05) is 36.8 Å². The summed E-state index contributed by atoms with van der Waals surface area (Å²) in [6.07, 6.45) is 5.51. The Bertz CT molecular complexity index is 1110. The molecule has 3 aromatic heterocycles. The van der Waals surface area contributed by atoms with Crippen LogP contribution >= 0.6 is 23.1 Å². The average Bonchev–Trinajstić information content (AvgIpc) is 3.51. The van der Waals surface area contributed by atoms with Crippen LogP contribution in [0.1, 0.15) is 45.7 Å². The second-order valence-electron chi connectivity index (χ2n) is 7.32. The van der Waals surface area contributed by atoms with Crippen molar-refractivity contribution in [2.75, 3.05) is 18.2 Å². The summed E-state index contributed by atoms with van der Waals surface area (Å²) in [5.74, 6) is 0.490. The smallest absolute Gasteiger partial charge is 0.341 e. The first-order valence-electron chi connectivity index (χ1n) is 10.2. The molecule has 0 saturated carbocycles. The second kappa shape index (κ2) is 9.27. The molecule has 0 unspecified atom stereocenters. The number of aryl methyl sites for hydroxylation is 2. The lowest BCUT2D eigenvalue weighted by Crippen LogP contribution is -2.16. The summed E-state index contributed by atoms with van der Waals surface area (Å²) < 4.78 is 9.04. The molecule has 164 valence electrons. The van der Waals surface area contributed by atoms with Crippen molar-refractivity contribution in [2.24, 2.45) is 7.05 Å². The van der Waals surface area contributed by atoms with Gasteiger partial charge in [0.15, 0.2) is 5.16 Å². The topological polar surface area (TPSA) is 91.0 Å². The predicted molar refractivity (Wildman–Crippen MR) is 121 cm³/mol. The van der Waals surface area contributed by atoms with Crippen molar-refractivity contribution in [2.45, 2.75) is 44.3 Å². The molecule has 3 aromatic rings. The van der Waals surface area contributed by atoms with E-state index in [2.05, 4.69) is 26.1 Å². The summed E-state index contributed by atoms with van der Waals surface area (Å²) in [7, 11) is 3.37. The molecule has 1 aliphatic carbocycles. The Kier molecular flexibility index (Phi) is 6.47. The number of fused-ring (bicyclic) bond motifs is 1. The van der Waals surface area contributed by atoms with E-state index in [9.17, 15) is 9.59 Å². The zero-order valence-corrected chi connectivity index (χ0v) is 19.4. The third-order valence-electron chi connectivity index (χ3n) is 5.40. The highest BCUT2D eigenvalue weighted by molar-refractivity contribution is 7.99. The number of methoxy groups -OCH3 is 1. The summed E-state index contributed by atoms with van der Waals surface area (Å²) in [6.45, 7) is 2.76. The van der Waals surface area contributed by atoms with E-state index in [1.807, 2.05) is 30.8 Å². The number of anilines is 1. The zero-order chi connectivity index (χ0) is 22.0. The molecule has 1 aliphatic rings. The molecule has 0 radical (unpaired) electrons. The average molecular weight is 460 g/mol. The molecule has 10 heteroatoms. The number of rotatable bonds is 8. The van der Waals surface area contributed by atoms with Crippen LogP contribution in [-0.4, -0.2) is 44.1 Å². The molecule has 0 atom stereocenters. The molecule has 0 aromatic carbocycles. The van der Waals surface area contributed by atoms with Crippen LogP contribution < -0.4 is 5.32 Å². The van der Waals surface area contributed by atoms with Gasteiger partial charge in [0.1, 0.15) is 10.8 Å². The number of nitrogens with one attached hydrogen (secondary N) is 1. The van der Waals surface area contributed by atoms with Crippen molar-refractivity contribution in [1.82, 2.24) is 19.3 Å². The van der Waals surface area contributed by atoms with Crippen LogP contribution in [0.15, 0.2) is 23.5 Å². The maximum atomic E-state index is 12.6. The Balaban J connectivity index is 1.43. The fraction of sp³-hybridized carbons (Fsp3) is 0.429. The largest absolute Gasteiger partial charge is 0.465 e. The van der Waals surface area contributed by atoms with Crippen LogP contribution in [0, 0.1) is 0 Å². The molecule has 0 bridgehead atoms. The number of nitrogens with zero attached hydrogens (tertiary/aromatic N) is 4. The quantitative estimate of drug-likeness (QED) is 0.411. The van der Waals surface area contributed by atoms with Crippen molar-refractivity contribution < 1.29 is 14.3 Å². The molecule has 0 fully saturated rings. The lowest BCUT2D eigenvalue weighted by molar-refractivity contribution is -0.113. The predicted octanol–water partition coefficient (Wildman–Crippen LogP) is 3.29. The SMILES string of the molecule is CCn1c(Cc2cccn2C)nnc1SCC(=O)Nc1sc2c(c1C(=O)OC)CCC2. The van der Waals surface area contributed by atoms with E-state index >= 15 is 0 Å². The van der Waals surface area contributed by atoms with Gasteiger partial charge in [-0.2, -0.15) is 0 Å². The normalized spacial score (nSPS) is 12.7. The summed E-state index contributed by atoms with van der Waals surface area (Å²) in [5, 5.41) is 12.8. The molecule has 4 rings (SSSR count). The molecule has 8 nitrogen and oxygen atoms in total. The molecule has 31 heavy (non-hydrogen) atoms. The fourth-order valence-electron chi connectivity index (χ4n) is 3.82. The van der Waals surface area contributed by atoms with E-state index in [1.165, 1.54) is 35.1 Å². The lowest BCUT2D eigenvalue weighted by atomic mass is 10.1. The molecule has 0 spiro atoms. The fourth-order valence-corrected chi connectivity index (χ4v) is 5.93. The first-order chi connectivity index (χ1) is 15.0. The number of hydrogen-bond donors (Lipinski definition) is 1. The molecule has 0 saturated heterocycles. The van der Waals surface area contributed by atoms with Gasteiger partial charge in [0.2, 0.25) is 5.91 Å². The number of esters is 1. The number of ether oxygens (including phenoxy) is 1. The highest BCUT2D eigenvalue weighted by Gasteiger charge is 2.28. The molecule has 0 aliphatic heterocycles. The van der Waals surface area contributed by atoms with Crippen LogP contribution in [0.5, 0.6) is 0 Å². The minimum absolute atomic E-state index is 0.176. The van der Waals surface area contributed by atoms with Crippen LogP contribution in [0.25, 0.3) is 0 Å². The van der Waals surface area contributed by atoms with Crippen molar-refractivity contribution >= 4 is 40.0 Å². The Hall–Kier alpha value is -2.59. The van der Waals surface area contributed by atoms with Gasteiger partial charge in [-0.05, 0) is 43.9 Å². The molecule has 1 amide bonds. The van der Waals surface area contributed by atoms with Gasteiger partial charge < -0.3 is 19.2 Å². The number of thioether (sulfide) groups is 1. The maximum Gasteiger partial charge on any atom is 0.341 e. The molecule has 3 heterocycles. The van der Waals surface area contributed by atoms with Gasteiger partial charge in [0.05, 0.1) is 18.4 Å². The first-order valence-corrected chi connectivity index (χ1v) is 12.0. The summed E-state index contributed by atoms with van der Waals surface area (Å²) in [6, 6.07) is 4.07. The standard InChI is InChI=1S/C21H25N5O3S2/c1-4-26-16(11-13-7-6-10-25(13)2)23-24-21(26)30-12-17(27)22-19-18(20(28)29-3)14-8-5-9-15(14)31-19/h6-7,10H,4-5,8-9,11-12H2,1-3H3,(H,22,27). The van der Waals surface area contributed by atoms with Gasteiger partial charge >= 0.3 is 5.97 Å². The maximum absolute atomic E-state index is 12.6. The van der Waals surface area contributed by atoms with E-state index in [-0.39, 0.29) is 11.7 Å². The van der Waals surface area contributed by atoms with Crippen LogP contribution in [0.3, 0.4) is 0 Å². The van der Waals surface area contributed by atoms with Crippen molar-refractivity contribution in [3.63, 3.8) is 0 Å². The molecule has 1 N–H and O–H groups in total.